The molecule has 0 amide bonds. The van der Waals surface area contributed by atoms with Gasteiger partial charge in [0.15, 0.2) is 0 Å². The fourth-order valence-corrected chi connectivity index (χ4v) is 7.20. The van der Waals surface area contributed by atoms with Gasteiger partial charge in [-0.3, -0.25) is 0 Å². The fraction of sp³-hybridized carbons (Fsp3) is 0.0732. The van der Waals surface area contributed by atoms with E-state index in [1.54, 1.807) is 18.2 Å². The topological polar surface area (TPSA) is 55.8 Å². The van der Waals surface area contributed by atoms with Crippen molar-refractivity contribution in [2.45, 2.75) is 19.3 Å². The number of nitrogens with zero attached hydrogens (tertiary/aromatic N) is 4. The largest absolute Gasteiger partial charge is 0.310 e. The molecule has 4 heteroatoms. The van der Waals surface area contributed by atoms with E-state index in [1.165, 1.54) is 21.9 Å². The van der Waals surface area contributed by atoms with Crippen LogP contribution in [0, 0.1) is 22.7 Å². The first-order chi connectivity index (χ1) is 22.0. The van der Waals surface area contributed by atoms with Gasteiger partial charge >= 0.3 is 0 Å². The normalized spacial score (nSPS) is 13.2. The molecule has 0 radical (unpaired) electrons. The molecule has 45 heavy (non-hydrogen) atoms. The van der Waals surface area contributed by atoms with Crippen LogP contribution in [0.3, 0.4) is 0 Å². The highest BCUT2D eigenvalue weighted by atomic mass is 15.2. The molecule has 0 aliphatic carbocycles. The number of benzene rings is 6. The molecule has 0 bridgehead atoms. The minimum Gasteiger partial charge on any atom is -0.310 e. The Morgan fingerprint density at radius 3 is 1.58 bits per heavy atom. The highest BCUT2D eigenvalue weighted by molar-refractivity contribution is 6.09. The molecule has 0 saturated carbocycles. The number of hydrogen-bond acceptors (Lipinski definition) is 3. The van der Waals surface area contributed by atoms with Gasteiger partial charge in [0.1, 0.15) is 0 Å². The molecule has 0 fully saturated rings. The lowest BCUT2D eigenvalue weighted by Gasteiger charge is -2.42. The Hall–Kier alpha value is -6.10. The van der Waals surface area contributed by atoms with Crippen molar-refractivity contribution >= 4 is 38.9 Å². The molecule has 1 aromatic heterocycles. The van der Waals surface area contributed by atoms with Crippen molar-refractivity contribution < 1.29 is 0 Å². The Morgan fingerprint density at radius 2 is 1.02 bits per heavy atom. The van der Waals surface area contributed by atoms with Crippen LogP contribution in [0.1, 0.15) is 36.1 Å². The lowest BCUT2D eigenvalue weighted by atomic mass is 9.73. The summed E-state index contributed by atoms with van der Waals surface area (Å²) in [6.45, 7) is 4.56. The maximum absolute atomic E-state index is 10.2. The number of hydrogen-bond donors (Lipinski definition) is 0. The van der Waals surface area contributed by atoms with Gasteiger partial charge in [-0.05, 0) is 71.3 Å². The van der Waals surface area contributed by atoms with Crippen LogP contribution in [-0.4, -0.2) is 4.57 Å². The van der Waals surface area contributed by atoms with E-state index >= 15 is 0 Å². The maximum atomic E-state index is 10.2. The lowest BCUT2D eigenvalue weighted by Crippen LogP contribution is -2.30. The van der Waals surface area contributed by atoms with Crippen molar-refractivity contribution in [3.63, 3.8) is 0 Å². The molecule has 212 valence electrons. The van der Waals surface area contributed by atoms with Crippen molar-refractivity contribution in [2.24, 2.45) is 0 Å². The number of para-hydroxylation sites is 4. The smallest absolute Gasteiger partial charge is 0.0998 e. The van der Waals surface area contributed by atoms with Crippen LogP contribution < -0.4 is 4.90 Å². The van der Waals surface area contributed by atoms with Crippen LogP contribution in [0.5, 0.6) is 0 Å². The molecule has 7 aromatic rings. The standard InChI is InChI=1S/C41H28N4/c1-41(2)34-16-5-9-20-38(34)45(39-21-10-6-17-35(39)41)31-23-29(40-27(25-42)12-11-13-28(40)26-43)22-30(24-31)44-36-18-7-3-14-32(36)33-15-4-8-19-37(33)44/h3-24H,1-2H3. The monoisotopic (exact) mass is 576 g/mol. The molecular formula is C41H28N4. The van der Waals surface area contributed by atoms with Crippen LogP contribution >= 0.6 is 0 Å². The molecule has 0 atom stereocenters. The first-order valence-electron chi connectivity index (χ1n) is 15.1. The SMILES string of the molecule is CC1(C)c2ccccc2N(c2cc(-c3c(C#N)cccc3C#N)cc(-n3c4ccccc4c4ccccc43)c2)c2ccccc21. The van der Waals surface area contributed by atoms with Crippen LogP contribution in [0.2, 0.25) is 0 Å². The third-order valence-electron chi connectivity index (χ3n) is 9.23. The molecule has 1 aliphatic heterocycles. The van der Waals surface area contributed by atoms with E-state index in [9.17, 15) is 10.5 Å². The number of rotatable bonds is 3. The van der Waals surface area contributed by atoms with E-state index in [0.717, 1.165) is 39.3 Å². The summed E-state index contributed by atoms with van der Waals surface area (Å²) >= 11 is 0. The van der Waals surface area contributed by atoms with Gasteiger partial charge in [-0.2, -0.15) is 10.5 Å². The van der Waals surface area contributed by atoms with Gasteiger partial charge in [0.05, 0.1) is 45.7 Å². The Morgan fingerprint density at radius 1 is 0.533 bits per heavy atom. The summed E-state index contributed by atoms with van der Waals surface area (Å²) in [5, 5.41) is 22.7. The van der Waals surface area contributed by atoms with Crippen LogP contribution in [-0.2, 0) is 5.41 Å². The van der Waals surface area contributed by atoms with E-state index in [4.69, 9.17) is 0 Å². The maximum Gasteiger partial charge on any atom is 0.0998 e. The van der Waals surface area contributed by atoms with Crippen molar-refractivity contribution in [3.8, 4) is 29.0 Å². The number of anilines is 3. The van der Waals surface area contributed by atoms with Gasteiger partial charge in [0.2, 0.25) is 0 Å². The van der Waals surface area contributed by atoms with Gasteiger partial charge in [0.25, 0.3) is 0 Å². The van der Waals surface area contributed by atoms with Gasteiger partial charge in [-0.15, -0.1) is 0 Å². The Bertz CT molecular complexity index is 2260. The zero-order valence-corrected chi connectivity index (χ0v) is 25.0. The molecule has 0 spiro atoms. The predicted molar refractivity (Wildman–Crippen MR) is 182 cm³/mol. The number of nitriles is 2. The van der Waals surface area contributed by atoms with E-state index < -0.39 is 0 Å². The van der Waals surface area contributed by atoms with Gasteiger partial charge in [0, 0.05) is 33.1 Å². The predicted octanol–water partition coefficient (Wildman–Crippen LogP) is 10.3. The zero-order valence-electron chi connectivity index (χ0n) is 25.0. The van der Waals surface area contributed by atoms with Gasteiger partial charge in [-0.25, -0.2) is 0 Å². The molecule has 8 rings (SSSR count). The van der Waals surface area contributed by atoms with Crippen molar-refractivity contribution in [3.05, 3.63) is 156 Å². The number of aromatic nitrogens is 1. The second-order valence-corrected chi connectivity index (χ2v) is 12.1. The molecule has 0 saturated heterocycles. The summed E-state index contributed by atoms with van der Waals surface area (Å²) in [5.74, 6) is 0. The van der Waals surface area contributed by atoms with Crippen LogP contribution in [0.15, 0.2) is 133 Å². The van der Waals surface area contributed by atoms with E-state index in [2.05, 4.69) is 151 Å². The molecule has 2 heterocycles. The fourth-order valence-electron chi connectivity index (χ4n) is 7.20. The summed E-state index contributed by atoms with van der Waals surface area (Å²) in [5.41, 5.74) is 11.0. The number of fused-ring (bicyclic) bond motifs is 5. The highest BCUT2D eigenvalue weighted by Gasteiger charge is 2.36. The van der Waals surface area contributed by atoms with E-state index in [1.807, 2.05) is 0 Å². The lowest BCUT2D eigenvalue weighted by molar-refractivity contribution is 0.632. The third-order valence-corrected chi connectivity index (χ3v) is 9.23. The molecule has 4 nitrogen and oxygen atoms in total. The van der Waals surface area contributed by atoms with Crippen LogP contribution in [0.25, 0.3) is 38.6 Å². The molecule has 0 N–H and O–H groups in total. The molecule has 0 unspecified atom stereocenters. The van der Waals surface area contributed by atoms with Crippen molar-refractivity contribution in [1.82, 2.24) is 4.57 Å². The summed E-state index contributed by atoms with van der Waals surface area (Å²) in [6.07, 6.45) is 0. The first-order valence-corrected chi connectivity index (χ1v) is 15.1. The second kappa shape index (κ2) is 9.98. The quantitative estimate of drug-likeness (QED) is 0.210. The molecule has 1 aliphatic rings. The van der Waals surface area contributed by atoms with E-state index in [0.29, 0.717) is 16.7 Å². The third kappa shape index (κ3) is 3.90. The Balaban J connectivity index is 1.50. The van der Waals surface area contributed by atoms with E-state index in [-0.39, 0.29) is 5.41 Å². The van der Waals surface area contributed by atoms with Crippen molar-refractivity contribution in [1.29, 1.82) is 10.5 Å². The first kappa shape index (κ1) is 26.5. The average molecular weight is 577 g/mol. The van der Waals surface area contributed by atoms with Gasteiger partial charge < -0.3 is 9.47 Å². The van der Waals surface area contributed by atoms with Crippen molar-refractivity contribution in [2.75, 3.05) is 4.90 Å². The average Bonchev–Trinajstić information content (AvgIpc) is 3.42. The molecular weight excluding hydrogens is 548 g/mol. The summed E-state index contributed by atoms with van der Waals surface area (Å²) in [7, 11) is 0. The molecule has 6 aromatic carbocycles. The summed E-state index contributed by atoms with van der Waals surface area (Å²) in [6, 6.07) is 50.6. The van der Waals surface area contributed by atoms with Gasteiger partial charge in [-0.1, -0.05) is 92.7 Å². The summed E-state index contributed by atoms with van der Waals surface area (Å²) in [4.78, 5) is 2.33. The Labute approximate surface area is 262 Å². The summed E-state index contributed by atoms with van der Waals surface area (Å²) < 4.78 is 2.30. The highest BCUT2D eigenvalue weighted by Crippen LogP contribution is 2.52. The zero-order chi connectivity index (χ0) is 30.7. The second-order valence-electron chi connectivity index (χ2n) is 12.1. The van der Waals surface area contributed by atoms with Crippen LogP contribution in [0.4, 0.5) is 17.1 Å². The minimum absolute atomic E-state index is 0.196. The Kier molecular flexibility index (Phi) is 5.88. The minimum atomic E-state index is -0.196.